The Balaban J connectivity index is 0.00000408. The van der Waals surface area contributed by atoms with E-state index >= 15 is 0 Å². The van der Waals surface area contributed by atoms with Crippen molar-refractivity contribution in [3.8, 4) is 0 Å². The van der Waals surface area contributed by atoms with E-state index < -0.39 is 5.69 Å². The number of fused-ring (bicyclic) bond motifs is 1. The number of carbonyl (C=O) groups is 2. The van der Waals surface area contributed by atoms with Crippen molar-refractivity contribution in [1.82, 2.24) is 19.8 Å². The SMILES string of the molecule is Cc1cc(C)n(CC(=O)N2CCCN(C(=O)CC(C)C)c3ccccc3CNCC2)c(=O)n1.Cl. The van der Waals surface area contributed by atoms with Crippen LogP contribution >= 0.6 is 12.4 Å². The number of aryl methyl sites for hydroxylation is 2. The summed E-state index contributed by atoms with van der Waals surface area (Å²) in [6.45, 7) is 10.5. The van der Waals surface area contributed by atoms with Gasteiger partial charge >= 0.3 is 5.69 Å². The van der Waals surface area contributed by atoms with Crippen LogP contribution in [-0.2, 0) is 22.7 Å². The predicted molar refractivity (Wildman–Crippen MR) is 136 cm³/mol. The largest absolute Gasteiger partial charge is 0.348 e. The van der Waals surface area contributed by atoms with Crippen molar-refractivity contribution in [1.29, 1.82) is 0 Å². The minimum Gasteiger partial charge on any atom is -0.340 e. The van der Waals surface area contributed by atoms with Gasteiger partial charge in [-0.15, -0.1) is 12.4 Å². The molecule has 0 atom stereocenters. The zero-order valence-electron chi connectivity index (χ0n) is 20.5. The van der Waals surface area contributed by atoms with Crippen LogP contribution in [0.25, 0.3) is 0 Å². The van der Waals surface area contributed by atoms with Crippen molar-refractivity contribution in [3.63, 3.8) is 0 Å². The number of anilines is 1. The number of halogens is 1. The minimum atomic E-state index is -0.405. The highest BCUT2D eigenvalue weighted by Crippen LogP contribution is 2.23. The summed E-state index contributed by atoms with van der Waals surface area (Å²) in [5, 5.41) is 3.41. The van der Waals surface area contributed by atoms with Gasteiger partial charge in [-0.1, -0.05) is 32.0 Å². The Morgan fingerprint density at radius 2 is 1.82 bits per heavy atom. The average Bonchev–Trinajstić information content (AvgIpc) is 2.78. The fraction of sp³-hybridized carbons (Fsp3) is 0.520. The summed E-state index contributed by atoms with van der Waals surface area (Å²) in [4.78, 5) is 46.1. The number of amides is 2. The van der Waals surface area contributed by atoms with Crippen molar-refractivity contribution in [2.75, 3.05) is 31.1 Å². The van der Waals surface area contributed by atoms with Crippen LogP contribution in [0.1, 0.15) is 43.6 Å². The summed E-state index contributed by atoms with van der Waals surface area (Å²) >= 11 is 0. The van der Waals surface area contributed by atoms with Crippen molar-refractivity contribution in [2.45, 2.75) is 53.6 Å². The second-order valence-electron chi connectivity index (χ2n) is 9.09. The van der Waals surface area contributed by atoms with E-state index in [4.69, 9.17) is 0 Å². The molecule has 1 aliphatic rings. The van der Waals surface area contributed by atoms with Crippen LogP contribution in [0.3, 0.4) is 0 Å². The number of nitrogens with zero attached hydrogens (tertiary/aromatic N) is 4. The number of carbonyl (C=O) groups excluding carboxylic acids is 2. The lowest BCUT2D eigenvalue weighted by Gasteiger charge is -2.27. The highest BCUT2D eigenvalue weighted by molar-refractivity contribution is 5.94. The third-order valence-electron chi connectivity index (χ3n) is 5.84. The molecule has 8 nitrogen and oxygen atoms in total. The third-order valence-corrected chi connectivity index (χ3v) is 5.84. The van der Waals surface area contributed by atoms with E-state index in [0.29, 0.717) is 51.3 Å². The molecule has 2 amide bonds. The van der Waals surface area contributed by atoms with E-state index in [1.165, 1.54) is 4.57 Å². The Labute approximate surface area is 207 Å². The van der Waals surface area contributed by atoms with Gasteiger partial charge in [-0.25, -0.2) is 4.79 Å². The Morgan fingerprint density at radius 3 is 2.53 bits per heavy atom. The van der Waals surface area contributed by atoms with Crippen LogP contribution < -0.4 is 15.9 Å². The molecule has 34 heavy (non-hydrogen) atoms. The maximum absolute atomic E-state index is 13.1. The third kappa shape index (κ3) is 7.14. The second-order valence-corrected chi connectivity index (χ2v) is 9.09. The topological polar surface area (TPSA) is 87.5 Å². The fourth-order valence-electron chi connectivity index (χ4n) is 4.18. The van der Waals surface area contributed by atoms with E-state index in [1.807, 2.05) is 49.9 Å². The number of benzene rings is 1. The highest BCUT2D eigenvalue weighted by Gasteiger charge is 2.22. The van der Waals surface area contributed by atoms with E-state index in [0.717, 1.165) is 16.9 Å². The number of hydrogen-bond acceptors (Lipinski definition) is 5. The number of hydrogen-bond donors (Lipinski definition) is 1. The molecular formula is C25H36ClN5O3. The first-order valence-corrected chi connectivity index (χ1v) is 11.7. The first-order valence-electron chi connectivity index (χ1n) is 11.7. The molecular weight excluding hydrogens is 454 g/mol. The summed E-state index contributed by atoms with van der Waals surface area (Å²) in [7, 11) is 0. The van der Waals surface area contributed by atoms with Crippen molar-refractivity contribution in [3.05, 3.63) is 57.8 Å². The molecule has 1 N–H and O–H groups in total. The van der Waals surface area contributed by atoms with Gasteiger partial charge < -0.3 is 15.1 Å². The van der Waals surface area contributed by atoms with Gasteiger partial charge in [0.1, 0.15) is 6.54 Å². The first-order chi connectivity index (χ1) is 15.8. The van der Waals surface area contributed by atoms with Gasteiger partial charge in [0.05, 0.1) is 0 Å². The molecule has 3 rings (SSSR count). The molecule has 2 heterocycles. The maximum atomic E-state index is 13.1. The predicted octanol–water partition coefficient (Wildman–Crippen LogP) is 2.68. The lowest BCUT2D eigenvalue weighted by atomic mass is 10.1. The highest BCUT2D eigenvalue weighted by atomic mass is 35.5. The van der Waals surface area contributed by atoms with Gasteiger partial charge in [-0.05, 0) is 43.9 Å². The molecule has 1 aliphatic heterocycles. The second kappa shape index (κ2) is 12.7. The first kappa shape index (κ1) is 27.5. The van der Waals surface area contributed by atoms with Gasteiger partial charge in [0.2, 0.25) is 11.8 Å². The summed E-state index contributed by atoms with van der Waals surface area (Å²) in [5.41, 5.74) is 2.97. The van der Waals surface area contributed by atoms with Crippen molar-refractivity contribution in [2.24, 2.45) is 5.92 Å². The number of nitrogens with one attached hydrogen (secondary N) is 1. The van der Waals surface area contributed by atoms with Gasteiger partial charge in [-0.3, -0.25) is 14.2 Å². The normalized spacial score (nSPS) is 14.7. The Kier molecular flexibility index (Phi) is 10.3. The summed E-state index contributed by atoms with van der Waals surface area (Å²) in [6, 6.07) is 9.78. The molecule has 0 saturated carbocycles. The van der Waals surface area contributed by atoms with Crippen LogP contribution in [0.15, 0.2) is 35.1 Å². The molecule has 1 aromatic heterocycles. The number of para-hydroxylation sites is 1. The van der Waals surface area contributed by atoms with E-state index in [1.54, 1.807) is 17.9 Å². The molecule has 1 aromatic carbocycles. The monoisotopic (exact) mass is 489 g/mol. The van der Waals surface area contributed by atoms with Gasteiger partial charge in [0, 0.05) is 56.2 Å². The molecule has 0 saturated heterocycles. The summed E-state index contributed by atoms with van der Waals surface area (Å²) in [5.74, 6) is 0.246. The molecule has 0 aliphatic carbocycles. The van der Waals surface area contributed by atoms with Crippen molar-refractivity contribution >= 4 is 29.9 Å². The van der Waals surface area contributed by atoms with Crippen LogP contribution in [0.4, 0.5) is 5.69 Å². The van der Waals surface area contributed by atoms with Gasteiger partial charge in [-0.2, -0.15) is 4.98 Å². The van der Waals surface area contributed by atoms with Gasteiger partial charge in [0.25, 0.3) is 0 Å². The van der Waals surface area contributed by atoms with Crippen molar-refractivity contribution < 1.29 is 9.59 Å². The Bertz CT molecular complexity index is 1050. The molecule has 0 bridgehead atoms. The molecule has 2 aromatic rings. The van der Waals surface area contributed by atoms with Crippen LogP contribution in [-0.4, -0.2) is 52.4 Å². The smallest absolute Gasteiger partial charge is 0.340 e. The molecule has 0 spiro atoms. The molecule has 186 valence electrons. The fourth-order valence-corrected chi connectivity index (χ4v) is 4.18. The molecule has 0 fully saturated rings. The molecule has 0 radical (unpaired) electrons. The summed E-state index contributed by atoms with van der Waals surface area (Å²) in [6.07, 6.45) is 1.14. The average molecular weight is 490 g/mol. The van der Waals surface area contributed by atoms with Crippen LogP contribution in [0.5, 0.6) is 0 Å². The number of rotatable bonds is 4. The zero-order valence-corrected chi connectivity index (χ0v) is 21.4. The van der Waals surface area contributed by atoms with E-state index in [9.17, 15) is 14.4 Å². The standard InChI is InChI=1S/C25H35N5O3.ClH/c1-18(2)14-23(31)29-12-7-11-28(13-10-26-16-21-8-5-6-9-22(21)29)24(32)17-30-20(4)15-19(3)27-25(30)33;/h5-6,8-9,15,18,26H,7,10-14,16-17H2,1-4H3;1H. The Hall–Kier alpha value is -2.71. The quantitative estimate of drug-likeness (QED) is 0.713. The maximum Gasteiger partial charge on any atom is 0.348 e. The van der Waals surface area contributed by atoms with Crippen LogP contribution in [0, 0.1) is 19.8 Å². The van der Waals surface area contributed by atoms with E-state index in [2.05, 4.69) is 10.3 Å². The lowest BCUT2D eigenvalue weighted by Crippen LogP contribution is -2.42. The number of aromatic nitrogens is 2. The summed E-state index contributed by atoms with van der Waals surface area (Å²) < 4.78 is 1.42. The minimum absolute atomic E-state index is 0. The lowest BCUT2D eigenvalue weighted by molar-refractivity contribution is -0.132. The van der Waals surface area contributed by atoms with Gasteiger partial charge in [0.15, 0.2) is 0 Å². The molecule has 9 heteroatoms. The van der Waals surface area contributed by atoms with Crippen LogP contribution in [0.2, 0.25) is 0 Å². The van der Waals surface area contributed by atoms with E-state index in [-0.39, 0.29) is 36.7 Å². The molecule has 0 unspecified atom stereocenters. The zero-order chi connectivity index (χ0) is 24.0. The Morgan fingerprint density at radius 1 is 1.09 bits per heavy atom.